The van der Waals surface area contributed by atoms with Gasteiger partial charge < -0.3 is 10.2 Å². The number of carbonyl (C=O) groups is 1. The molecular formula is C14H23F2N5O. The second-order valence-electron chi connectivity index (χ2n) is 5.59. The highest BCUT2D eigenvalue weighted by atomic mass is 19.3. The van der Waals surface area contributed by atoms with Gasteiger partial charge in [0.2, 0.25) is 0 Å². The van der Waals surface area contributed by atoms with Crippen LogP contribution in [0, 0.1) is 6.92 Å². The van der Waals surface area contributed by atoms with E-state index in [1.54, 1.807) is 11.6 Å². The molecule has 2 heterocycles. The van der Waals surface area contributed by atoms with Gasteiger partial charge in [-0.05, 0) is 39.3 Å². The second kappa shape index (κ2) is 7.62. The van der Waals surface area contributed by atoms with Gasteiger partial charge in [0.15, 0.2) is 5.69 Å². The Hall–Kier alpha value is -1.57. The molecule has 22 heavy (non-hydrogen) atoms. The third kappa shape index (κ3) is 3.79. The first-order chi connectivity index (χ1) is 10.5. The van der Waals surface area contributed by atoms with Crippen LogP contribution < -0.4 is 5.32 Å². The van der Waals surface area contributed by atoms with Crippen molar-refractivity contribution >= 4 is 5.91 Å². The number of piperidine rings is 1. The fourth-order valence-corrected chi connectivity index (χ4v) is 2.80. The fraction of sp³-hybridized carbons (Fsp3) is 0.786. The van der Waals surface area contributed by atoms with Crippen LogP contribution in [0.2, 0.25) is 0 Å². The highest BCUT2D eigenvalue weighted by Gasteiger charge is 2.26. The number of carbonyl (C=O) groups excluding carboxylic acids is 1. The summed E-state index contributed by atoms with van der Waals surface area (Å²) in [6, 6.07) is 0.213. The summed E-state index contributed by atoms with van der Waals surface area (Å²) < 4.78 is 27.0. The number of nitrogens with zero attached hydrogens (tertiary/aromatic N) is 4. The van der Waals surface area contributed by atoms with Crippen molar-refractivity contribution in [3.05, 3.63) is 11.4 Å². The number of alkyl halides is 2. The van der Waals surface area contributed by atoms with Crippen LogP contribution in [-0.2, 0) is 0 Å². The van der Waals surface area contributed by atoms with Crippen LogP contribution in [0.5, 0.6) is 0 Å². The third-order valence-corrected chi connectivity index (χ3v) is 3.92. The van der Waals surface area contributed by atoms with Crippen molar-refractivity contribution in [3.63, 3.8) is 0 Å². The molecule has 1 aromatic rings. The van der Waals surface area contributed by atoms with Gasteiger partial charge in [0, 0.05) is 6.54 Å². The number of amides is 1. The molecule has 1 amide bonds. The first kappa shape index (κ1) is 16.8. The minimum atomic E-state index is -2.55. The van der Waals surface area contributed by atoms with Crippen molar-refractivity contribution in [2.75, 3.05) is 26.2 Å². The van der Waals surface area contributed by atoms with Crippen LogP contribution in [-0.4, -0.2) is 58.4 Å². The summed E-state index contributed by atoms with van der Waals surface area (Å²) >= 11 is 0. The summed E-state index contributed by atoms with van der Waals surface area (Å²) in [7, 11) is 0. The van der Waals surface area contributed by atoms with Crippen molar-refractivity contribution in [2.45, 2.75) is 45.6 Å². The van der Waals surface area contributed by atoms with E-state index >= 15 is 0 Å². The zero-order valence-corrected chi connectivity index (χ0v) is 13.1. The summed E-state index contributed by atoms with van der Waals surface area (Å²) in [4.78, 5) is 13.6. The largest absolute Gasteiger partial charge is 0.331 e. The van der Waals surface area contributed by atoms with E-state index in [2.05, 4.69) is 15.6 Å². The Morgan fingerprint density at radius 2 is 2.14 bits per heavy atom. The Morgan fingerprint density at radius 3 is 2.73 bits per heavy atom. The van der Waals surface area contributed by atoms with E-state index in [9.17, 15) is 13.6 Å². The quantitative estimate of drug-likeness (QED) is 0.866. The average molecular weight is 315 g/mol. The van der Waals surface area contributed by atoms with E-state index in [-0.39, 0.29) is 11.7 Å². The molecule has 124 valence electrons. The van der Waals surface area contributed by atoms with Gasteiger partial charge in [-0.15, -0.1) is 5.10 Å². The molecule has 8 heteroatoms. The SMILES string of the molecule is CCCN(CC(F)F)C(=O)c1nnn(C2CCNCC2)c1C. The molecule has 0 atom stereocenters. The van der Waals surface area contributed by atoms with Crippen LogP contribution in [0.15, 0.2) is 0 Å². The minimum Gasteiger partial charge on any atom is -0.331 e. The van der Waals surface area contributed by atoms with Crippen molar-refractivity contribution < 1.29 is 13.6 Å². The molecule has 1 saturated heterocycles. The van der Waals surface area contributed by atoms with Gasteiger partial charge in [-0.2, -0.15) is 0 Å². The summed E-state index contributed by atoms with van der Waals surface area (Å²) in [5, 5.41) is 11.3. The molecule has 1 fully saturated rings. The van der Waals surface area contributed by atoms with Crippen LogP contribution in [0.4, 0.5) is 8.78 Å². The Kier molecular flexibility index (Phi) is 5.82. The molecule has 1 N–H and O–H groups in total. The van der Waals surface area contributed by atoms with Gasteiger partial charge in [0.1, 0.15) is 0 Å². The molecule has 0 spiro atoms. The molecule has 1 aromatic heterocycles. The van der Waals surface area contributed by atoms with Crippen LogP contribution in [0.1, 0.15) is 48.4 Å². The number of hydrogen-bond donors (Lipinski definition) is 1. The monoisotopic (exact) mass is 315 g/mol. The topological polar surface area (TPSA) is 63.1 Å². The lowest BCUT2D eigenvalue weighted by atomic mass is 10.1. The number of rotatable bonds is 6. The molecule has 0 radical (unpaired) electrons. The Morgan fingerprint density at radius 1 is 1.45 bits per heavy atom. The summed E-state index contributed by atoms with van der Waals surface area (Å²) in [6.45, 7) is 5.17. The van der Waals surface area contributed by atoms with Gasteiger partial charge >= 0.3 is 0 Å². The lowest BCUT2D eigenvalue weighted by Crippen LogP contribution is -2.36. The summed E-state index contributed by atoms with van der Waals surface area (Å²) in [5.41, 5.74) is 0.847. The average Bonchev–Trinajstić information content (AvgIpc) is 2.88. The Balaban J connectivity index is 2.16. The highest BCUT2D eigenvalue weighted by Crippen LogP contribution is 2.21. The molecule has 1 aliphatic rings. The molecular weight excluding hydrogens is 292 g/mol. The molecule has 0 saturated carbocycles. The highest BCUT2D eigenvalue weighted by molar-refractivity contribution is 5.93. The smallest absolute Gasteiger partial charge is 0.276 e. The lowest BCUT2D eigenvalue weighted by Gasteiger charge is -2.24. The van der Waals surface area contributed by atoms with Gasteiger partial charge in [-0.1, -0.05) is 12.1 Å². The lowest BCUT2D eigenvalue weighted by molar-refractivity contribution is 0.0549. The van der Waals surface area contributed by atoms with Crippen molar-refractivity contribution in [3.8, 4) is 0 Å². The van der Waals surface area contributed by atoms with E-state index in [1.165, 1.54) is 0 Å². The minimum absolute atomic E-state index is 0.188. The zero-order valence-electron chi connectivity index (χ0n) is 13.1. The van der Waals surface area contributed by atoms with Crippen molar-refractivity contribution in [2.24, 2.45) is 0 Å². The molecule has 0 bridgehead atoms. The number of hydrogen-bond acceptors (Lipinski definition) is 4. The van der Waals surface area contributed by atoms with Crippen LogP contribution in [0.25, 0.3) is 0 Å². The number of aromatic nitrogens is 3. The predicted octanol–water partition coefficient (Wildman–Crippen LogP) is 1.63. The first-order valence-corrected chi connectivity index (χ1v) is 7.74. The molecule has 1 aliphatic heterocycles. The van der Waals surface area contributed by atoms with Gasteiger partial charge in [0.05, 0.1) is 18.3 Å². The van der Waals surface area contributed by atoms with E-state index in [4.69, 9.17) is 0 Å². The predicted molar refractivity (Wildman–Crippen MR) is 78.1 cm³/mol. The first-order valence-electron chi connectivity index (χ1n) is 7.74. The normalized spacial score (nSPS) is 16.2. The summed E-state index contributed by atoms with van der Waals surface area (Å²) in [6.07, 6.45) is -0.0728. The Bertz CT molecular complexity index is 499. The van der Waals surface area contributed by atoms with Gasteiger partial charge in [0.25, 0.3) is 12.3 Å². The van der Waals surface area contributed by atoms with Crippen LogP contribution in [0.3, 0.4) is 0 Å². The number of halogens is 2. The van der Waals surface area contributed by atoms with E-state index in [0.717, 1.165) is 30.8 Å². The van der Waals surface area contributed by atoms with E-state index in [1.807, 2.05) is 6.92 Å². The van der Waals surface area contributed by atoms with Crippen molar-refractivity contribution in [1.82, 2.24) is 25.2 Å². The van der Waals surface area contributed by atoms with Crippen molar-refractivity contribution in [1.29, 1.82) is 0 Å². The second-order valence-corrected chi connectivity index (χ2v) is 5.59. The molecule has 6 nitrogen and oxygen atoms in total. The van der Waals surface area contributed by atoms with Gasteiger partial charge in [-0.25, -0.2) is 13.5 Å². The maximum Gasteiger partial charge on any atom is 0.276 e. The molecule has 2 rings (SSSR count). The van der Waals surface area contributed by atoms with E-state index in [0.29, 0.717) is 18.7 Å². The zero-order chi connectivity index (χ0) is 16.1. The van der Waals surface area contributed by atoms with Gasteiger partial charge in [-0.3, -0.25) is 4.79 Å². The van der Waals surface area contributed by atoms with E-state index < -0.39 is 18.9 Å². The summed E-state index contributed by atoms with van der Waals surface area (Å²) in [5.74, 6) is -0.458. The maximum atomic E-state index is 12.6. The fourth-order valence-electron chi connectivity index (χ4n) is 2.80. The standard InChI is InChI=1S/C14H23F2N5O/c1-3-8-20(9-12(15)16)14(22)13-10(2)21(19-18-13)11-4-6-17-7-5-11/h11-12,17H,3-9H2,1-2H3. The third-order valence-electron chi connectivity index (χ3n) is 3.92. The molecule has 0 aliphatic carbocycles. The molecule has 0 unspecified atom stereocenters. The number of nitrogens with one attached hydrogen (secondary N) is 1. The maximum absolute atomic E-state index is 12.6. The van der Waals surface area contributed by atoms with Crippen LogP contribution >= 0.6 is 0 Å². The molecule has 0 aromatic carbocycles. The Labute approximate surface area is 128 Å².